The van der Waals surface area contributed by atoms with Gasteiger partial charge in [-0.1, -0.05) is 13.0 Å². The Kier molecular flexibility index (Phi) is 5.63. The number of carbonyl (C=O) groups excluding carboxylic acids is 1. The van der Waals surface area contributed by atoms with Crippen LogP contribution in [0.1, 0.15) is 32.0 Å². The monoisotopic (exact) mass is 236 g/mol. The number of hydrogen-bond donors (Lipinski definition) is 1. The number of aromatic nitrogens is 1. The lowest BCUT2D eigenvalue weighted by Gasteiger charge is -2.13. The van der Waals surface area contributed by atoms with Gasteiger partial charge in [-0.2, -0.15) is 0 Å². The van der Waals surface area contributed by atoms with Gasteiger partial charge in [0.15, 0.2) is 0 Å². The standard InChI is InChI=1S/C13H20N2O2/c1-4-11-7-6-8-14-12(11)9-15-10(3)13(16)17-5-2/h6-8,10,15H,4-5,9H2,1-3H3. The van der Waals surface area contributed by atoms with Gasteiger partial charge in [0.05, 0.1) is 12.3 Å². The van der Waals surface area contributed by atoms with Crippen LogP contribution in [0.3, 0.4) is 0 Å². The van der Waals surface area contributed by atoms with E-state index in [9.17, 15) is 4.79 Å². The molecule has 0 aliphatic heterocycles. The predicted octanol–water partition coefficient (Wildman–Crippen LogP) is 1.69. The first-order valence-electron chi connectivity index (χ1n) is 6.01. The Morgan fingerprint density at radius 1 is 1.53 bits per heavy atom. The third kappa shape index (κ3) is 4.15. The molecule has 4 heteroatoms. The van der Waals surface area contributed by atoms with Crippen LogP contribution in [0.2, 0.25) is 0 Å². The number of rotatable bonds is 6. The molecule has 0 amide bonds. The maximum Gasteiger partial charge on any atom is 0.322 e. The van der Waals surface area contributed by atoms with Crippen molar-refractivity contribution in [2.24, 2.45) is 0 Å². The fourth-order valence-electron chi connectivity index (χ4n) is 1.55. The van der Waals surface area contributed by atoms with Crippen LogP contribution in [0, 0.1) is 0 Å². The van der Waals surface area contributed by atoms with Crippen LogP contribution >= 0.6 is 0 Å². The minimum Gasteiger partial charge on any atom is -0.465 e. The van der Waals surface area contributed by atoms with E-state index in [-0.39, 0.29) is 12.0 Å². The molecule has 0 aliphatic carbocycles. The largest absolute Gasteiger partial charge is 0.465 e. The second-order valence-corrected chi connectivity index (χ2v) is 3.82. The van der Waals surface area contributed by atoms with Crippen molar-refractivity contribution >= 4 is 5.97 Å². The molecule has 1 rings (SSSR count). The summed E-state index contributed by atoms with van der Waals surface area (Å²) in [5, 5.41) is 3.12. The number of esters is 1. The molecule has 0 fully saturated rings. The van der Waals surface area contributed by atoms with E-state index < -0.39 is 0 Å². The quantitative estimate of drug-likeness (QED) is 0.764. The maximum atomic E-state index is 11.4. The van der Waals surface area contributed by atoms with E-state index in [4.69, 9.17) is 4.74 Å². The number of aryl methyl sites for hydroxylation is 1. The summed E-state index contributed by atoms with van der Waals surface area (Å²) in [5.74, 6) is -0.221. The minimum atomic E-state index is -0.304. The summed E-state index contributed by atoms with van der Waals surface area (Å²) in [4.78, 5) is 15.7. The zero-order valence-electron chi connectivity index (χ0n) is 10.7. The van der Waals surface area contributed by atoms with Gasteiger partial charge in [0, 0.05) is 12.7 Å². The molecule has 0 aromatic carbocycles. The second kappa shape index (κ2) is 7.01. The average Bonchev–Trinajstić information content (AvgIpc) is 2.36. The molecule has 1 aromatic rings. The van der Waals surface area contributed by atoms with Crippen molar-refractivity contribution in [3.8, 4) is 0 Å². The molecular formula is C13H20N2O2. The molecule has 1 N–H and O–H groups in total. The van der Waals surface area contributed by atoms with Gasteiger partial charge in [-0.25, -0.2) is 0 Å². The van der Waals surface area contributed by atoms with Gasteiger partial charge in [-0.15, -0.1) is 0 Å². The van der Waals surface area contributed by atoms with E-state index >= 15 is 0 Å². The molecule has 1 aromatic heterocycles. The fraction of sp³-hybridized carbons (Fsp3) is 0.538. The zero-order valence-corrected chi connectivity index (χ0v) is 10.7. The number of nitrogens with zero attached hydrogens (tertiary/aromatic N) is 1. The maximum absolute atomic E-state index is 11.4. The molecule has 0 saturated carbocycles. The van der Waals surface area contributed by atoms with Gasteiger partial charge in [0.1, 0.15) is 6.04 Å². The molecular weight excluding hydrogens is 216 g/mol. The molecule has 0 radical (unpaired) electrons. The molecule has 1 unspecified atom stereocenters. The number of nitrogens with one attached hydrogen (secondary N) is 1. The van der Waals surface area contributed by atoms with Crippen molar-refractivity contribution < 1.29 is 9.53 Å². The highest BCUT2D eigenvalue weighted by atomic mass is 16.5. The molecule has 1 heterocycles. The first-order chi connectivity index (χ1) is 8.19. The Hall–Kier alpha value is -1.42. The molecule has 0 saturated heterocycles. The van der Waals surface area contributed by atoms with E-state index in [0.717, 1.165) is 12.1 Å². The Morgan fingerprint density at radius 2 is 2.29 bits per heavy atom. The van der Waals surface area contributed by atoms with Gasteiger partial charge < -0.3 is 4.74 Å². The lowest BCUT2D eigenvalue weighted by Crippen LogP contribution is -2.35. The normalized spacial score (nSPS) is 12.2. The van der Waals surface area contributed by atoms with E-state index in [0.29, 0.717) is 13.2 Å². The molecule has 0 spiro atoms. The van der Waals surface area contributed by atoms with Crippen molar-refractivity contribution in [2.75, 3.05) is 6.61 Å². The molecule has 0 bridgehead atoms. The van der Waals surface area contributed by atoms with Crippen molar-refractivity contribution in [1.29, 1.82) is 0 Å². The topological polar surface area (TPSA) is 51.2 Å². The van der Waals surface area contributed by atoms with Crippen molar-refractivity contribution in [1.82, 2.24) is 10.3 Å². The van der Waals surface area contributed by atoms with Crippen molar-refractivity contribution in [3.63, 3.8) is 0 Å². The summed E-state index contributed by atoms with van der Waals surface area (Å²) in [6.07, 6.45) is 2.71. The van der Waals surface area contributed by atoms with Gasteiger partial charge in [-0.05, 0) is 31.9 Å². The first-order valence-corrected chi connectivity index (χ1v) is 6.01. The minimum absolute atomic E-state index is 0.221. The fourth-order valence-corrected chi connectivity index (χ4v) is 1.55. The Labute approximate surface area is 102 Å². The Balaban J connectivity index is 2.52. The third-order valence-electron chi connectivity index (χ3n) is 2.58. The van der Waals surface area contributed by atoms with Crippen LogP contribution in [0.15, 0.2) is 18.3 Å². The highest BCUT2D eigenvalue weighted by molar-refractivity contribution is 5.75. The van der Waals surface area contributed by atoms with Crippen LogP contribution in [0.25, 0.3) is 0 Å². The summed E-state index contributed by atoms with van der Waals surface area (Å²) < 4.78 is 4.93. The van der Waals surface area contributed by atoms with Crippen LogP contribution < -0.4 is 5.32 Å². The van der Waals surface area contributed by atoms with E-state index in [1.807, 2.05) is 6.07 Å². The summed E-state index contributed by atoms with van der Waals surface area (Å²) in [6, 6.07) is 3.68. The summed E-state index contributed by atoms with van der Waals surface area (Å²) in [6.45, 7) is 6.69. The van der Waals surface area contributed by atoms with Gasteiger partial charge in [0.2, 0.25) is 0 Å². The number of carbonyl (C=O) groups is 1. The number of ether oxygens (including phenoxy) is 1. The number of pyridine rings is 1. The summed E-state index contributed by atoms with van der Waals surface area (Å²) in [5.41, 5.74) is 2.20. The lowest BCUT2D eigenvalue weighted by atomic mass is 10.1. The Morgan fingerprint density at radius 3 is 2.94 bits per heavy atom. The van der Waals surface area contributed by atoms with Crippen LogP contribution in [0.4, 0.5) is 0 Å². The van der Waals surface area contributed by atoms with Crippen molar-refractivity contribution in [3.05, 3.63) is 29.6 Å². The highest BCUT2D eigenvalue weighted by Gasteiger charge is 2.13. The van der Waals surface area contributed by atoms with E-state index in [1.165, 1.54) is 5.56 Å². The first kappa shape index (κ1) is 13.6. The summed E-state index contributed by atoms with van der Waals surface area (Å²) in [7, 11) is 0. The lowest BCUT2D eigenvalue weighted by molar-refractivity contribution is -0.145. The Bertz CT molecular complexity index is 366. The molecule has 17 heavy (non-hydrogen) atoms. The third-order valence-corrected chi connectivity index (χ3v) is 2.58. The smallest absolute Gasteiger partial charge is 0.322 e. The van der Waals surface area contributed by atoms with E-state index in [1.54, 1.807) is 20.0 Å². The SMILES string of the molecule is CCOC(=O)C(C)NCc1ncccc1CC. The molecule has 1 atom stereocenters. The van der Waals surface area contributed by atoms with Crippen LogP contribution in [-0.4, -0.2) is 23.6 Å². The molecule has 94 valence electrons. The van der Waals surface area contributed by atoms with Gasteiger partial charge >= 0.3 is 5.97 Å². The molecule has 4 nitrogen and oxygen atoms in total. The summed E-state index contributed by atoms with van der Waals surface area (Å²) >= 11 is 0. The van der Waals surface area contributed by atoms with Crippen LogP contribution in [-0.2, 0) is 22.5 Å². The second-order valence-electron chi connectivity index (χ2n) is 3.82. The zero-order chi connectivity index (χ0) is 12.7. The number of hydrogen-bond acceptors (Lipinski definition) is 4. The van der Waals surface area contributed by atoms with Gasteiger partial charge in [-0.3, -0.25) is 15.1 Å². The van der Waals surface area contributed by atoms with E-state index in [2.05, 4.69) is 23.3 Å². The molecule has 0 aliphatic rings. The highest BCUT2D eigenvalue weighted by Crippen LogP contribution is 2.06. The van der Waals surface area contributed by atoms with Crippen LogP contribution in [0.5, 0.6) is 0 Å². The van der Waals surface area contributed by atoms with Gasteiger partial charge in [0.25, 0.3) is 0 Å². The average molecular weight is 236 g/mol. The van der Waals surface area contributed by atoms with Crippen molar-refractivity contribution in [2.45, 2.75) is 39.8 Å². The predicted molar refractivity (Wildman–Crippen MR) is 66.5 cm³/mol.